The van der Waals surface area contributed by atoms with Crippen LogP contribution in [0.25, 0.3) is 11.5 Å². The normalized spacial score (nSPS) is 11.8. The van der Waals surface area contributed by atoms with Crippen molar-refractivity contribution < 1.29 is 23.3 Å². The van der Waals surface area contributed by atoms with Crippen molar-refractivity contribution in [1.29, 1.82) is 0 Å². The van der Waals surface area contributed by atoms with Crippen LogP contribution < -0.4 is 4.74 Å². The minimum Gasteiger partial charge on any atom is -0.493 e. The largest absolute Gasteiger partial charge is 0.493 e. The molecule has 1 N–H and O–H groups in total. The molecule has 0 amide bonds. The Balaban J connectivity index is 1.35. The molecule has 3 aromatic carbocycles. The first kappa shape index (κ1) is 22.5. The molecule has 0 aliphatic rings. The van der Waals surface area contributed by atoms with E-state index in [4.69, 9.17) is 14.3 Å². The van der Waals surface area contributed by atoms with Gasteiger partial charge in [0.25, 0.3) is 0 Å². The second kappa shape index (κ2) is 10.3. The van der Waals surface area contributed by atoms with Crippen LogP contribution in [0, 0.1) is 6.92 Å². The van der Waals surface area contributed by atoms with Crippen LogP contribution in [-0.2, 0) is 28.4 Å². The number of ether oxygens (including phenoxy) is 1. The zero-order chi connectivity index (χ0) is 23.2. The number of hydrogen-bond donors (Lipinski definition) is 1. The fourth-order valence-electron chi connectivity index (χ4n) is 3.37. The van der Waals surface area contributed by atoms with Gasteiger partial charge < -0.3 is 14.3 Å². The Bertz CT molecular complexity index is 1270. The maximum Gasteiger partial charge on any atom is 0.307 e. The van der Waals surface area contributed by atoms with Crippen LogP contribution in [0.5, 0.6) is 5.75 Å². The highest BCUT2D eigenvalue weighted by Crippen LogP contribution is 2.23. The monoisotopic (exact) mass is 461 g/mol. The third kappa shape index (κ3) is 5.75. The molecule has 6 nitrogen and oxygen atoms in total. The minimum absolute atomic E-state index is 0.102. The van der Waals surface area contributed by atoms with E-state index in [1.165, 1.54) is 0 Å². The first-order valence-electron chi connectivity index (χ1n) is 10.5. The van der Waals surface area contributed by atoms with Gasteiger partial charge in [0, 0.05) is 21.8 Å². The Kier molecular flexibility index (Phi) is 7.00. The summed E-state index contributed by atoms with van der Waals surface area (Å²) in [5.41, 5.74) is 2.41. The van der Waals surface area contributed by atoms with Crippen molar-refractivity contribution in [3.63, 3.8) is 0 Å². The highest BCUT2D eigenvalue weighted by Gasteiger charge is 2.12. The molecule has 0 radical (unpaired) electrons. The van der Waals surface area contributed by atoms with E-state index in [1.54, 1.807) is 48.5 Å². The molecule has 7 heteroatoms. The molecule has 1 heterocycles. The number of hydrogen-bond acceptors (Lipinski definition) is 5. The second-order valence-corrected chi connectivity index (χ2v) is 8.92. The minimum atomic E-state index is -1.41. The summed E-state index contributed by atoms with van der Waals surface area (Å²) in [5, 5.41) is 8.96. The summed E-state index contributed by atoms with van der Waals surface area (Å²) in [7, 11) is -1.41. The summed E-state index contributed by atoms with van der Waals surface area (Å²) >= 11 is 0. The van der Waals surface area contributed by atoms with Gasteiger partial charge in [0.05, 0.1) is 29.5 Å². The van der Waals surface area contributed by atoms with E-state index >= 15 is 0 Å². The number of carboxylic acids is 1. The van der Waals surface area contributed by atoms with Crippen LogP contribution in [-0.4, -0.2) is 26.9 Å². The van der Waals surface area contributed by atoms with Gasteiger partial charge in [-0.1, -0.05) is 30.3 Å². The first-order chi connectivity index (χ1) is 16.0. The van der Waals surface area contributed by atoms with Gasteiger partial charge in [0.1, 0.15) is 11.5 Å². The molecule has 0 aliphatic heterocycles. The molecule has 33 heavy (non-hydrogen) atoms. The molecule has 0 saturated heterocycles. The van der Waals surface area contributed by atoms with Crippen LogP contribution >= 0.6 is 0 Å². The lowest BCUT2D eigenvalue weighted by Crippen LogP contribution is -2.03. The van der Waals surface area contributed by atoms with Crippen LogP contribution in [0.2, 0.25) is 0 Å². The average Bonchev–Trinajstić information content (AvgIpc) is 3.20. The molecule has 0 saturated carbocycles. The zero-order valence-electron chi connectivity index (χ0n) is 18.1. The number of carbonyl (C=O) groups is 1. The van der Waals surface area contributed by atoms with Gasteiger partial charge in [-0.3, -0.25) is 4.79 Å². The van der Waals surface area contributed by atoms with Crippen molar-refractivity contribution in [3.05, 3.63) is 95.9 Å². The number of rotatable bonds is 9. The summed E-state index contributed by atoms with van der Waals surface area (Å²) < 4.78 is 24.5. The number of benzene rings is 3. The molecule has 1 unspecified atom stereocenters. The highest BCUT2D eigenvalue weighted by atomic mass is 32.2. The quantitative estimate of drug-likeness (QED) is 0.375. The Morgan fingerprint density at radius 2 is 1.76 bits per heavy atom. The second-order valence-electron chi connectivity index (χ2n) is 7.44. The molecule has 0 fully saturated rings. The number of aliphatic carboxylic acids is 1. The third-order valence-corrected chi connectivity index (χ3v) is 6.41. The van der Waals surface area contributed by atoms with E-state index in [9.17, 15) is 9.00 Å². The summed E-state index contributed by atoms with van der Waals surface area (Å²) in [4.78, 5) is 16.7. The first-order valence-corrected chi connectivity index (χ1v) is 11.6. The van der Waals surface area contributed by atoms with Crippen LogP contribution in [0.3, 0.4) is 0 Å². The number of oxazole rings is 1. The Morgan fingerprint density at radius 1 is 1.00 bits per heavy atom. The highest BCUT2D eigenvalue weighted by molar-refractivity contribution is 7.85. The topological polar surface area (TPSA) is 89.6 Å². The number of aryl methyl sites for hydroxylation is 1. The molecule has 4 rings (SSSR count). The summed E-state index contributed by atoms with van der Waals surface area (Å²) in [6.45, 7) is 2.33. The van der Waals surface area contributed by atoms with Gasteiger partial charge >= 0.3 is 5.97 Å². The van der Waals surface area contributed by atoms with Gasteiger partial charge in [0.2, 0.25) is 5.89 Å². The predicted octanol–water partition coefficient (Wildman–Crippen LogP) is 5.07. The lowest BCUT2D eigenvalue weighted by atomic mass is 10.2. The van der Waals surface area contributed by atoms with E-state index < -0.39 is 16.8 Å². The molecule has 4 aromatic rings. The van der Waals surface area contributed by atoms with Crippen molar-refractivity contribution in [2.24, 2.45) is 0 Å². The van der Waals surface area contributed by atoms with E-state index in [1.807, 2.05) is 37.3 Å². The third-order valence-electron chi connectivity index (χ3n) is 5.03. The summed E-state index contributed by atoms with van der Waals surface area (Å²) in [5.74, 6) is 1.12. The molecular formula is C26H23NO5S. The summed E-state index contributed by atoms with van der Waals surface area (Å²) in [6, 6.07) is 23.7. The Labute approximate surface area is 194 Å². The lowest BCUT2D eigenvalue weighted by Gasteiger charge is -2.08. The van der Waals surface area contributed by atoms with Crippen molar-refractivity contribution in [3.8, 4) is 17.2 Å². The van der Waals surface area contributed by atoms with Gasteiger partial charge in [0.15, 0.2) is 0 Å². The smallest absolute Gasteiger partial charge is 0.307 e. The van der Waals surface area contributed by atoms with Gasteiger partial charge in [-0.25, -0.2) is 9.19 Å². The van der Waals surface area contributed by atoms with E-state index in [2.05, 4.69) is 4.98 Å². The standard InChI is InChI=1S/C26H23NO5S/c1-18-24(27-26(32-18)20-7-3-2-4-8-20)14-15-31-21-10-12-22(13-11-21)33(30)23-9-5-6-19(16-23)17-25(28)29/h2-13,16H,14-15,17H2,1H3,(H,28,29). The van der Waals surface area contributed by atoms with Crippen LogP contribution in [0.15, 0.2) is 93.1 Å². The molecule has 0 spiro atoms. The number of carboxylic acid groups (broad SMARTS) is 1. The summed E-state index contributed by atoms with van der Waals surface area (Å²) in [6.07, 6.45) is 0.502. The fraction of sp³-hybridized carbons (Fsp3) is 0.154. The van der Waals surface area contributed by atoms with E-state index in [0.29, 0.717) is 40.0 Å². The van der Waals surface area contributed by atoms with E-state index in [-0.39, 0.29) is 6.42 Å². The molecule has 0 bridgehead atoms. The maximum atomic E-state index is 12.9. The van der Waals surface area contributed by atoms with Crippen molar-refractivity contribution >= 4 is 16.8 Å². The van der Waals surface area contributed by atoms with Crippen molar-refractivity contribution in [1.82, 2.24) is 4.98 Å². The molecule has 1 aromatic heterocycles. The van der Waals surface area contributed by atoms with Gasteiger partial charge in [-0.05, 0) is 61.0 Å². The predicted molar refractivity (Wildman–Crippen MR) is 125 cm³/mol. The Morgan fingerprint density at radius 3 is 2.48 bits per heavy atom. The van der Waals surface area contributed by atoms with Crippen molar-refractivity contribution in [2.75, 3.05) is 6.61 Å². The molecule has 1 atom stereocenters. The van der Waals surface area contributed by atoms with Gasteiger partial charge in [-0.15, -0.1) is 0 Å². The van der Waals surface area contributed by atoms with E-state index in [0.717, 1.165) is 17.0 Å². The van der Waals surface area contributed by atoms with Crippen LogP contribution in [0.4, 0.5) is 0 Å². The van der Waals surface area contributed by atoms with Gasteiger partial charge in [-0.2, -0.15) is 0 Å². The average molecular weight is 462 g/mol. The fourth-order valence-corrected chi connectivity index (χ4v) is 4.49. The maximum absolute atomic E-state index is 12.9. The number of aromatic nitrogens is 1. The van der Waals surface area contributed by atoms with Crippen LogP contribution in [0.1, 0.15) is 17.0 Å². The van der Waals surface area contributed by atoms with Crippen molar-refractivity contribution in [2.45, 2.75) is 29.6 Å². The zero-order valence-corrected chi connectivity index (χ0v) is 18.9. The molecule has 0 aliphatic carbocycles. The SMILES string of the molecule is Cc1oc(-c2ccccc2)nc1CCOc1ccc(S(=O)c2cccc(CC(=O)O)c2)cc1. The lowest BCUT2D eigenvalue weighted by molar-refractivity contribution is -0.136. The molecular weight excluding hydrogens is 438 g/mol. The molecule has 168 valence electrons. The number of nitrogens with zero attached hydrogens (tertiary/aromatic N) is 1. The Hall–Kier alpha value is -3.71.